The Labute approximate surface area is 661 Å². The third kappa shape index (κ3) is 9.12. The van der Waals surface area contributed by atoms with Crippen molar-refractivity contribution in [2.75, 3.05) is 0 Å². The van der Waals surface area contributed by atoms with Crippen molar-refractivity contribution in [3.63, 3.8) is 0 Å². The third-order valence-corrected chi connectivity index (χ3v) is 24.6. The van der Waals surface area contributed by atoms with Gasteiger partial charge in [-0.25, -0.2) is 0 Å². The molecule has 24 aromatic rings. The maximum Gasteiger partial charge on any atom is 0.136 e. The van der Waals surface area contributed by atoms with Crippen LogP contribution < -0.4 is 0 Å². The molecule has 0 spiro atoms. The predicted molar refractivity (Wildman–Crippen MR) is 473 cm³/mol. The summed E-state index contributed by atoms with van der Waals surface area (Å²) in [6, 6.07) is 121. The van der Waals surface area contributed by atoms with Gasteiger partial charge in [0.15, 0.2) is 0 Å². The van der Waals surface area contributed by atoms with E-state index in [0.717, 1.165) is 219 Å². The van der Waals surface area contributed by atoms with Crippen LogP contribution in [-0.4, -0.2) is 18.3 Å². The van der Waals surface area contributed by atoms with Gasteiger partial charge in [-0.2, -0.15) is 21.0 Å². The molecule has 0 atom stereocenters. The van der Waals surface area contributed by atoms with Crippen molar-refractivity contribution in [1.29, 1.82) is 21.0 Å². The second-order valence-electron chi connectivity index (χ2n) is 30.8. The first-order valence-electron chi connectivity index (χ1n) is 38.8. The van der Waals surface area contributed by atoms with Crippen molar-refractivity contribution >= 4 is 174 Å². The lowest BCUT2D eigenvalue weighted by Gasteiger charge is -2.16. The minimum absolute atomic E-state index is 0.420. The van der Waals surface area contributed by atoms with Gasteiger partial charge in [0.1, 0.15) is 46.6 Å². The molecule has 10 heteroatoms. The Morgan fingerprint density at radius 2 is 0.534 bits per heavy atom. The summed E-state index contributed by atoms with van der Waals surface area (Å²) in [6.07, 6.45) is 0. The first-order chi connectivity index (χ1) is 57.1. The number of nitriles is 4. The Morgan fingerprint density at radius 1 is 0.216 bits per heavy atom. The highest BCUT2D eigenvalue weighted by molar-refractivity contribution is 6.27. The van der Waals surface area contributed by atoms with Crippen molar-refractivity contribution < 1.29 is 8.83 Å². The van der Waals surface area contributed by atoms with E-state index < -0.39 is 0 Å². The number of furan rings is 2. The summed E-state index contributed by atoms with van der Waals surface area (Å²) in [5.74, 6) is 0. The van der Waals surface area contributed by atoms with Crippen molar-refractivity contribution in [3.05, 3.63) is 349 Å². The van der Waals surface area contributed by atoms with Crippen LogP contribution in [-0.2, 0) is 0 Å². The first-order valence-corrected chi connectivity index (χ1v) is 38.8. The van der Waals surface area contributed by atoms with Gasteiger partial charge < -0.3 is 27.1 Å². The quantitative estimate of drug-likeness (QED) is 0.156. The molecule has 0 fully saturated rings. The number of rotatable bonds is 7. The number of aryl methyl sites for hydroxylation is 2. The van der Waals surface area contributed by atoms with E-state index in [4.69, 9.17) is 8.83 Å². The topological polar surface area (TPSA) is 141 Å². The predicted octanol–water partition coefficient (Wildman–Crippen LogP) is 27.6. The molecule has 0 radical (unpaired) electrons. The van der Waals surface area contributed by atoms with Crippen LogP contribution in [0.4, 0.5) is 0 Å². The lowest BCUT2D eigenvalue weighted by atomic mass is 9.94. The summed E-state index contributed by atoms with van der Waals surface area (Å²) in [5.41, 5.74) is 23.3. The molecule has 24 rings (SSSR count). The molecule has 0 aliphatic rings. The fraction of sp³-hybridized carbons (Fsp3) is 0.0189. The van der Waals surface area contributed by atoms with Gasteiger partial charge in [-0.05, 0) is 230 Å². The smallest absolute Gasteiger partial charge is 0.136 e. The van der Waals surface area contributed by atoms with Gasteiger partial charge in [0.05, 0.1) is 89.1 Å². The van der Waals surface area contributed by atoms with Crippen molar-refractivity contribution in [2.45, 2.75) is 13.8 Å². The first kappa shape index (κ1) is 64.6. The van der Waals surface area contributed by atoms with Crippen LogP contribution in [0.5, 0.6) is 0 Å². The summed E-state index contributed by atoms with van der Waals surface area (Å²) >= 11 is 0. The van der Waals surface area contributed by atoms with E-state index in [1.54, 1.807) is 0 Å². The monoisotopic (exact) mass is 1470 g/mol. The summed E-state index contributed by atoms with van der Waals surface area (Å²) in [6.45, 7) is 4.22. The highest BCUT2D eigenvalue weighted by atomic mass is 16.3. The van der Waals surface area contributed by atoms with Gasteiger partial charge in [0.25, 0.3) is 0 Å². The standard InChI is InChI=1S/C106H58N8O2/c1-59-22-35-87-83(44-59)103-74-15-6-3-12-61(74)26-39-91(103)111(87)95-49-70(56-108)96(50-69(95)55-107)112-88-36-23-60(2)45-84(88)106-81-20-11-19-73(77(81)34-42-94(106)112)68-31-43-100-82(48-68)80-33-25-67(54-102(80)116-100)65-30-38-90-86(47-65)105-76-17-8-5-14-63(76)28-41-93(105)114(90)98-52-71(57-109)97(51-72(98)58-110)113-89-37-29-64(46-85(89)104-75-16-7-4-13-62(75)27-40-92(104)113)66-24-32-79-78-18-9-10-21-99(78)115-101(79)53-66/h3-54H,1-2H3. The normalized spacial score (nSPS) is 12.0. The van der Waals surface area contributed by atoms with Gasteiger partial charge in [0.2, 0.25) is 0 Å². The minimum Gasteiger partial charge on any atom is -0.456 e. The van der Waals surface area contributed by atoms with Crippen LogP contribution >= 0.6 is 0 Å². The maximum atomic E-state index is 11.5. The highest BCUT2D eigenvalue weighted by Gasteiger charge is 2.28. The van der Waals surface area contributed by atoms with Gasteiger partial charge in [0, 0.05) is 64.6 Å². The average molecular weight is 1480 g/mol. The Balaban J connectivity index is 0.607. The second kappa shape index (κ2) is 24.1. The molecule has 6 heterocycles. The number of para-hydroxylation sites is 1. The van der Waals surface area contributed by atoms with E-state index >= 15 is 0 Å². The molecule has 0 amide bonds. The minimum atomic E-state index is 0.420. The second-order valence-corrected chi connectivity index (χ2v) is 30.8. The van der Waals surface area contributed by atoms with Gasteiger partial charge >= 0.3 is 0 Å². The Bertz CT molecular complexity index is 8820. The average Bonchev–Trinajstić information content (AvgIpc) is 1.56. The maximum absolute atomic E-state index is 11.5. The molecule has 0 aliphatic heterocycles. The zero-order chi connectivity index (χ0) is 77.0. The Morgan fingerprint density at radius 3 is 0.991 bits per heavy atom. The van der Waals surface area contributed by atoms with Gasteiger partial charge in [-0.15, -0.1) is 0 Å². The van der Waals surface area contributed by atoms with Crippen molar-refractivity contribution in [1.82, 2.24) is 18.3 Å². The molecule has 0 saturated heterocycles. The summed E-state index contributed by atoms with van der Waals surface area (Å²) in [4.78, 5) is 0. The number of hydrogen-bond donors (Lipinski definition) is 0. The fourth-order valence-electron chi connectivity index (χ4n) is 19.4. The van der Waals surface area contributed by atoms with E-state index in [0.29, 0.717) is 45.0 Å². The molecule has 116 heavy (non-hydrogen) atoms. The summed E-state index contributed by atoms with van der Waals surface area (Å²) < 4.78 is 21.9. The van der Waals surface area contributed by atoms with Crippen LogP contribution in [0, 0.1) is 59.2 Å². The van der Waals surface area contributed by atoms with E-state index in [2.05, 4.69) is 329 Å². The molecule has 6 aromatic heterocycles. The molecule has 10 nitrogen and oxygen atoms in total. The third-order valence-electron chi connectivity index (χ3n) is 24.6. The van der Waals surface area contributed by atoms with E-state index in [9.17, 15) is 21.0 Å². The lowest BCUT2D eigenvalue weighted by Crippen LogP contribution is -2.04. The molecule has 0 aliphatic carbocycles. The molecule has 0 unspecified atom stereocenters. The number of fused-ring (bicyclic) bond motifs is 26. The van der Waals surface area contributed by atoms with Gasteiger partial charge in [-0.1, -0.05) is 187 Å². The molecule has 18 aromatic carbocycles. The molecule has 534 valence electrons. The van der Waals surface area contributed by atoms with Crippen LogP contribution in [0.25, 0.3) is 230 Å². The summed E-state index contributed by atoms with van der Waals surface area (Å²) in [7, 11) is 0. The molecular formula is C106H58N8O2. The van der Waals surface area contributed by atoms with Crippen LogP contribution in [0.3, 0.4) is 0 Å². The molecule has 0 N–H and O–H groups in total. The highest BCUT2D eigenvalue weighted by Crippen LogP contribution is 2.48. The van der Waals surface area contributed by atoms with Crippen LogP contribution in [0.15, 0.2) is 324 Å². The largest absolute Gasteiger partial charge is 0.456 e. The van der Waals surface area contributed by atoms with Crippen LogP contribution in [0.1, 0.15) is 33.4 Å². The van der Waals surface area contributed by atoms with Crippen LogP contribution in [0.2, 0.25) is 0 Å². The Kier molecular flexibility index (Phi) is 13.4. The lowest BCUT2D eigenvalue weighted by molar-refractivity contribution is 0.668. The number of nitrogens with zero attached hydrogens (tertiary/aromatic N) is 8. The van der Waals surface area contributed by atoms with E-state index in [-0.39, 0.29) is 0 Å². The molecule has 0 saturated carbocycles. The van der Waals surface area contributed by atoms with E-state index in [1.165, 1.54) is 0 Å². The zero-order valence-corrected chi connectivity index (χ0v) is 62.4. The van der Waals surface area contributed by atoms with Gasteiger partial charge in [-0.3, -0.25) is 0 Å². The zero-order valence-electron chi connectivity index (χ0n) is 62.4. The van der Waals surface area contributed by atoms with Crippen molar-refractivity contribution in [3.8, 4) is 80.4 Å². The number of benzene rings is 18. The van der Waals surface area contributed by atoms with E-state index in [1.807, 2.05) is 42.5 Å². The Hall–Kier alpha value is -16.2. The SMILES string of the molecule is Cc1ccc2c(c1)c1c3ccccc3ccc1n2-c1cc(C#N)c(-n2c3ccc(C)cc3c3c4cccc(-c5ccc6oc7cc(-c8ccc9c(c8)c8c%10ccccc%10ccc8n9-c8cc(C#N)c(-n9c%10ccc(-c%11ccc%12c(c%11)oc%11ccccc%11%12)cc%10c%10c%11ccccc%11ccc%109)cc8C#N)ccc7c6c5)c4ccc32)cc1C#N. The molecular weight excluding hydrogens is 1420 g/mol. The summed E-state index contributed by atoms with van der Waals surface area (Å²) in [5, 5.41) is 67.0. The fourth-order valence-corrected chi connectivity index (χ4v) is 19.4. The number of aromatic nitrogens is 4. The molecule has 0 bridgehead atoms. The van der Waals surface area contributed by atoms with Crippen molar-refractivity contribution in [2.24, 2.45) is 0 Å². The number of hydrogen-bond acceptors (Lipinski definition) is 6.